The Labute approximate surface area is 95.0 Å². The van der Waals surface area contributed by atoms with Gasteiger partial charge in [-0.15, -0.1) is 0 Å². The summed E-state index contributed by atoms with van der Waals surface area (Å²) < 4.78 is 1.79. The highest BCUT2D eigenvalue weighted by molar-refractivity contribution is 5.82. The second-order valence-corrected chi connectivity index (χ2v) is 4.48. The van der Waals surface area contributed by atoms with Crippen LogP contribution in [0.5, 0.6) is 0 Å². The minimum absolute atomic E-state index is 0.328. The molecule has 1 aliphatic carbocycles. The van der Waals surface area contributed by atoms with Crippen molar-refractivity contribution in [3.05, 3.63) is 17.0 Å². The second-order valence-electron chi connectivity index (χ2n) is 4.48. The number of primary amides is 1. The smallest absolute Gasteiger partial charge is 0.239 e. The van der Waals surface area contributed by atoms with Gasteiger partial charge in [0.2, 0.25) is 5.91 Å². The van der Waals surface area contributed by atoms with Crippen LogP contribution < -0.4 is 11.1 Å². The molecule has 1 unspecified atom stereocenters. The van der Waals surface area contributed by atoms with Gasteiger partial charge in [-0.3, -0.25) is 14.8 Å². The lowest BCUT2D eigenvalue weighted by Gasteiger charge is -2.15. The summed E-state index contributed by atoms with van der Waals surface area (Å²) in [7, 11) is 1.88. The number of carbonyl (C=O) groups is 1. The van der Waals surface area contributed by atoms with E-state index < -0.39 is 6.04 Å². The van der Waals surface area contributed by atoms with Crippen LogP contribution in [0.3, 0.4) is 0 Å². The number of hydrogen-bond donors (Lipinski definition) is 2. The van der Waals surface area contributed by atoms with Crippen LogP contribution in [-0.2, 0) is 11.8 Å². The lowest BCUT2D eigenvalue weighted by atomic mass is 10.0. The first-order valence-electron chi connectivity index (χ1n) is 5.56. The molecule has 88 valence electrons. The van der Waals surface area contributed by atoms with Crippen LogP contribution in [0.25, 0.3) is 0 Å². The van der Waals surface area contributed by atoms with Crippen LogP contribution in [0.1, 0.15) is 35.8 Å². The van der Waals surface area contributed by atoms with Crippen molar-refractivity contribution in [1.82, 2.24) is 15.1 Å². The molecule has 1 aromatic rings. The van der Waals surface area contributed by atoms with Gasteiger partial charge >= 0.3 is 0 Å². The van der Waals surface area contributed by atoms with E-state index in [1.54, 1.807) is 4.68 Å². The third-order valence-corrected chi connectivity index (χ3v) is 3.12. The van der Waals surface area contributed by atoms with Crippen molar-refractivity contribution >= 4 is 5.91 Å². The summed E-state index contributed by atoms with van der Waals surface area (Å²) in [5.41, 5.74) is 8.25. The van der Waals surface area contributed by atoms with E-state index >= 15 is 0 Å². The van der Waals surface area contributed by atoms with E-state index in [0.717, 1.165) is 29.8 Å². The number of carbonyl (C=O) groups excluding carboxylic acids is 1. The van der Waals surface area contributed by atoms with E-state index in [2.05, 4.69) is 10.4 Å². The number of rotatable bonds is 4. The predicted molar refractivity (Wildman–Crippen MR) is 60.8 cm³/mol. The van der Waals surface area contributed by atoms with Gasteiger partial charge in [-0.25, -0.2) is 0 Å². The maximum atomic E-state index is 11.5. The maximum absolute atomic E-state index is 11.5. The summed E-state index contributed by atoms with van der Waals surface area (Å²) in [5, 5.41) is 7.58. The Kier molecular flexibility index (Phi) is 2.71. The highest BCUT2D eigenvalue weighted by Gasteiger charge is 2.31. The van der Waals surface area contributed by atoms with Gasteiger partial charge < -0.3 is 5.73 Å². The third kappa shape index (κ3) is 1.95. The van der Waals surface area contributed by atoms with Gasteiger partial charge in [-0.05, 0) is 26.7 Å². The van der Waals surface area contributed by atoms with E-state index in [9.17, 15) is 4.79 Å². The number of nitrogens with zero attached hydrogens (tertiary/aromatic N) is 2. The first kappa shape index (κ1) is 11.1. The average Bonchev–Trinajstić information content (AvgIpc) is 2.95. The molecule has 1 aromatic heterocycles. The Hall–Kier alpha value is -1.36. The van der Waals surface area contributed by atoms with Crippen molar-refractivity contribution in [1.29, 1.82) is 0 Å². The molecule has 1 saturated carbocycles. The van der Waals surface area contributed by atoms with Crippen LogP contribution in [0, 0.1) is 13.8 Å². The van der Waals surface area contributed by atoms with Crippen molar-refractivity contribution in [2.75, 3.05) is 0 Å². The molecule has 0 bridgehead atoms. The Balaban J connectivity index is 2.33. The van der Waals surface area contributed by atoms with E-state index in [1.807, 2.05) is 20.9 Å². The molecule has 5 nitrogen and oxygen atoms in total. The van der Waals surface area contributed by atoms with E-state index in [-0.39, 0.29) is 5.91 Å². The summed E-state index contributed by atoms with van der Waals surface area (Å²) in [4.78, 5) is 11.5. The van der Waals surface area contributed by atoms with Gasteiger partial charge in [0.1, 0.15) is 6.04 Å². The predicted octanol–water partition coefficient (Wildman–Crippen LogP) is 0.315. The zero-order valence-electron chi connectivity index (χ0n) is 9.95. The lowest BCUT2D eigenvalue weighted by molar-refractivity contribution is -0.120. The normalized spacial score (nSPS) is 17.4. The van der Waals surface area contributed by atoms with Crippen LogP contribution in [0.2, 0.25) is 0 Å². The molecule has 2 rings (SSSR count). The van der Waals surface area contributed by atoms with Crippen molar-refractivity contribution in [3.63, 3.8) is 0 Å². The molecule has 0 aromatic carbocycles. The molecule has 3 N–H and O–H groups in total. The summed E-state index contributed by atoms with van der Waals surface area (Å²) in [6.45, 7) is 3.87. The van der Waals surface area contributed by atoms with Crippen LogP contribution in [0.4, 0.5) is 0 Å². The molecule has 1 fully saturated rings. The topological polar surface area (TPSA) is 72.9 Å². The van der Waals surface area contributed by atoms with E-state index in [0.29, 0.717) is 6.04 Å². The summed E-state index contributed by atoms with van der Waals surface area (Å²) in [5.74, 6) is -0.328. The fourth-order valence-corrected chi connectivity index (χ4v) is 2.00. The van der Waals surface area contributed by atoms with Gasteiger partial charge in [0.25, 0.3) is 0 Å². The Bertz CT molecular complexity index is 420. The molecule has 0 radical (unpaired) electrons. The number of aromatic nitrogens is 2. The summed E-state index contributed by atoms with van der Waals surface area (Å²) in [6.07, 6.45) is 2.25. The zero-order valence-corrected chi connectivity index (χ0v) is 9.95. The standard InChI is InChI=1S/C11H18N4O/c1-6-9(7(2)15(3)14-6)10(11(12)16)13-8-4-5-8/h8,10,13H,4-5H2,1-3H3,(H2,12,16). The minimum Gasteiger partial charge on any atom is -0.368 e. The molecular weight excluding hydrogens is 204 g/mol. The quantitative estimate of drug-likeness (QED) is 0.770. The van der Waals surface area contributed by atoms with Crippen LogP contribution >= 0.6 is 0 Å². The Morgan fingerprint density at radius 3 is 2.56 bits per heavy atom. The number of aryl methyl sites for hydroxylation is 2. The number of amides is 1. The van der Waals surface area contributed by atoms with Gasteiger partial charge in [0, 0.05) is 24.3 Å². The molecule has 16 heavy (non-hydrogen) atoms. The molecule has 0 spiro atoms. The van der Waals surface area contributed by atoms with Gasteiger partial charge in [-0.2, -0.15) is 5.10 Å². The summed E-state index contributed by atoms with van der Waals surface area (Å²) in [6, 6.07) is 0.0395. The highest BCUT2D eigenvalue weighted by Crippen LogP contribution is 2.27. The van der Waals surface area contributed by atoms with Gasteiger partial charge in [-0.1, -0.05) is 0 Å². The second kappa shape index (κ2) is 3.90. The largest absolute Gasteiger partial charge is 0.368 e. The molecule has 1 amide bonds. The van der Waals surface area contributed by atoms with Crippen molar-refractivity contribution in [3.8, 4) is 0 Å². The number of hydrogen-bond acceptors (Lipinski definition) is 3. The van der Waals surface area contributed by atoms with Crippen LogP contribution in [-0.4, -0.2) is 21.7 Å². The highest BCUT2D eigenvalue weighted by atomic mass is 16.1. The average molecular weight is 222 g/mol. The first-order valence-corrected chi connectivity index (χ1v) is 5.56. The molecule has 0 aliphatic heterocycles. The molecular formula is C11H18N4O. The number of nitrogens with two attached hydrogens (primary N) is 1. The first-order chi connectivity index (χ1) is 7.50. The fraction of sp³-hybridized carbons (Fsp3) is 0.636. The molecule has 1 atom stereocenters. The Morgan fingerprint density at radius 2 is 2.19 bits per heavy atom. The SMILES string of the molecule is Cc1nn(C)c(C)c1C(NC1CC1)C(N)=O. The van der Waals surface area contributed by atoms with Crippen molar-refractivity contribution in [2.45, 2.75) is 38.8 Å². The summed E-state index contributed by atoms with van der Waals surface area (Å²) >= 11 is 0. The van der Waals surface area contributed by atoms with Gasteiger partial charge in [0.15, 0.2) is 0 Å². The van der Waals surface area contributed by atoms with E-state index in [4.69, 9.17) is 5.73 Å². The number of nitrogens with one attached hydrogen (secondary N) is 1. The van der Waals surface area contributed by atoms with E-state index in [1.165, 1.54) is 0 Å². The monoisotopic (exact) mass is 222 g/mol. The minimum atomic E-state index is -0.402. The van der Waals surface area contributed by atoms with Crippen LogP contribution in [0.15, 0.2) is 0 Å². The fourth-order valence-electron chi connectivity index (χ4n) is 2.00. The van der Waals surface area contributed by atoms with Crippen molar-refractivity contribution < 1.29 is 4.79 Å². The molecule has 1 aliphatic rings. The van der Waals surface area contributed by atoms with Gasteiger partial charge in [0.05, 0.1) is 5.69 Å². The third-order valence-electron chi connectivity index (χ3n) is 3.12. The van der Waals surface area contributed by atoms with Crippen molar-refractivity contribution in [2.24, 2.45) is 12.8 Å². The molecule has 1 heterocycles. The molecule has 5 heteroatoms. The molecule has 0 saturated heterocycles. The Morgan fingerprint density at radius 1 is 1.56 bits per heavy atom. The lowest BCUT2D eigenvalue weighted by Crippen LogP contribution is -2.35. The zero-order chi connectivity index (χ0) is 11.9. The maximum Gasteiger partial charge on any atom is 0.239 e.